The van der Waals surface area contributed by atoms with Crippen LogP contribution in [0, 0.1) is 0 Å². The van der Waals surface area contributed by atoms with Crippen LogP contribution in [-0.4, -0.2) is 41.5 Å². The number of thiazole rings is 1. The van der Waals surface area contributed by atoms with Crippen LogP contribution in [-0.2, 0) is 11.3 Å². The van der Waals surface area contributed by atoms with Crippen molar-refractivity contribution in [3.63, 3.8) is 0 Å². The summed E-state index contributed by atoms with van der Waals surface area (Å²) in [6, 6.07) is 8.63. The molecule has 5 nitrogen and oxygen atoms in total. The minimum Gasteiger partial charge on any atom is -0.314 e. The van der Waals surface area contributed by atoms with Gasteiger partial charge in [-0.3, -0.25) is 14.6 Å². The normalized spacial score (nSPS) is 20.9. The molecule has 4 rings (SSSR count). The number of halogens is 1. The molecule has 1 aliphatic carbocycles. The summed E-state index contributed by atoms with van der Waals surface area (Å²) >= 11 is 8.00. The van der Waals surface area contributed by atoms with Gasteiger partial charge in [0.25, 0.3) is 0 Å². The second kappa shape index (κ2) is 7.64. The quantitative estimate of drug-likeness (QED) is 0.849. The molecule has 7 heteroatoms. The number of anilines is 1. The van der Waals surface area contributed by atoms with E-state index in [4.69, 9.17) is 16.6 Å². The Morgan fingerprint density at radius 3 is 2.96 bits per heavy atom. The zero-order chi connectivity index (χ0) is 18.1. The standard InChI is InChI=1S/C19H23ClN4OS/c1-13(25)24(15-6-7-15)19-22-14(12-26-19)11-23-9-8-21-10-18(23)16-4-2-3-5-17(16)20/h2-5,12,15,18,21H,6-11H2,1H3. The van der Waals surface area contributed by atoms with Crippen molar-refractivity contribution in [2.45, 2.75) is 38.4 Å². The lowest BCUT2D eigenvalue weighted by molar-refractivity contribution is -0.116. The fraction of sp³-hybridized carbons (Fsp3) is 0.474. The van der Waals surface area contributed by atoms with Crippen LogP contribution in [0.25, 0.3) is 0 Å². The largest absolute Gasteiger partial charge is 0.314 e. The second-order valence-electron chi connectivity index (χ2n) is 6.95. The van der Waals surface area contributed by atoms with Crippen LogP contribution in [0.5, 0.6) is 0 Å². The number of nitrogens with one attached hydrogen (secondary N) is 1. The van der Waals surface area contributed by atoms with Crippen molar-refractivity contribution in [1.29, 1.82) is 0 Å². The zero-order valence-electron chi connectivity index (χ0n) is 14.8. The average Bonchev–Trinajstić information content (AvgIpc) is 3.35. The topological polar surface area (TPSA) is 48.5 Å². The molecule has 1 N–H and O–H groups in total. The van der Waals surface area contributed by atoms with Crippen molar-refractivity contribution in [3.8, 4) is 0 Å². The highest BCUT2D eigenvalue weighted by molar-refractivity contribution is 7.14. The molecule has 2 aliphatic rings. The number of carbonyl (C=O) groups is 1. The first-order chi connectivity index (χ1) is 12.6. The lowest BCUT2D eigenvalue weighted by Crippen LogP contribution is -2.45. The van der Waals surface area contributed by atoms with Crippen LogP contribution in [0.15, 0.2) is 29.6 Å². The number of piperazine rings is 1. The van der Waals surface area contributed by atoms with E-state index < -0.39 is 0 Å². The molecule has 0 spiro atoms. The van der Waals surface area contributed by atoms with E-state index in [0.29, 0.717) is 6.04 Å². The van der Waals surface area contributed by atoms with Gasteiger partial charge >= 0.3 is 0 Å². The molecule has 26 heavy (non-hydrogen) atoms. The van der Waals surface area contributed by atoms with Crippen molar-refractivity contribution in [1.82, 2.24) is 15.2 Å². The van der Waals surface area contributed by atoms with E-state index in [0.717, 1.165) is 60.4 Å². The third kappa shape index (κ3) is 3.78. The first-order valence-electron chi connectivity index (χ1n) is 9.07. The third-order valence-electron chi connectivity index (χ3n) is 4.98. The van der Waals surface area contributed by atoms with Gasteiger partial charge in [0.2, 0.25) is 5.91 Å². The molecular weight excluding hydrogens is 368 g/mol. The molecule has 1 aromatic heterocycles. The molecule has 1 saturated carbocycles. The minimum atomic E-state index is 0.0875. The number of amides is 1. The maximum absolute atomic E-state index is 12.0. The molecule has 1 saturated heterocycles. The molecule has 2 fully saturated rings. The van der Waals surface area contributed by atoms with Crippen molar-refractivity contribution in [2.24, 2.45) is 0 Å². The minimum absolute atomic E-state index is 0.0875. The highest BCUT2D eigenvalue weighted by atomic mass is 35.5. The van der Waals surface area contributed by atoms with E-state index in [9.17, 15) is 4.79 Å². The number of hydrogen-bond donors (Lipinski definition) is 1. The van der Waals surface area contributed by atoms with Gasteiger partial charge in [-0.05, 0) is 24.5 Å². The van der Waals surface area contributed by atoms with E-state index in [1.54, 1.807) is 18.3 Å². The predicted octanol–water partition coefficient (Wildman–Crippen LogP) is 3.46. The Balaban J connectivity index is 1.52. The molecule has 1 atom stereocenters. The van der Waals surface area contributed by atoms with Crippen LogP contribution < -0.4 is 10.2 Å². The zero-order valence-corrected chi connectivity index (χ0v) is 16.4. The van der Waals surface area contributed by atoms with Crippen molar-refractivity contribution < 1.29 is 4.79 Å². The second-order valence-corrected chi connectivity index (χ2v) is 8.20. The van der Waals surface area contributed by atoms with Crippen molar-refractivity contribution in [3.05, 3.63) is 45.9 Å². The summed E-state index contributed by atoms with van der Waals surface area (Å²) in [5.74, 6) is 0.0875. The van der Waals surface area contributed by atoms with Gasteiger partial charge in [-0.1, -0.05) is 29.8 Å². The van der Waals surface area contributed by atoms with E-state index >= 15 is 0 Å². The Hall–Kier alpha value is -1.47. The van der Waals surface area contributed by atoms with Gasteiger partial charge in [0.05, 0.1) is 5.69 Å². The van der Waals surface area contributed by atoms with Crippen molar-refractivity contribution >= 4 is 34.0 Å². The summed E-state index contributed by atoms with van der Waals surface area (Å²) < 4.78 is 0. The number of rotatable bonds is 5. The molecule has 1 unspecified atom stereocenters. The van der Waals surface area contributed by atoms with Gasteiger partial charge < -0.3 is 5.32 Å². The monoisotopic (exact) mass is 390 g/mol. The summed E-state index contributed by atoms with van der Waals surface area (Å²) in [6.07, 6.45) is 2.17. The highest BCUT2D eigenvalue weighted by Gasteiger charge is 2.34. The number of hydrogen-bond acceptors (Lipinski definition) is 5. The van der Waals surface area contributed by atoms with Gasteiger partial charge in [-0.2, -0.15) is 0 Å². The lowest BCUT2D eigenvalue weighted by Gasteiger charge is -2.36. The summed E-state index contributed by atoms with van der Waals surface area (Å²) in [4.78, 5) is 21.0. The fourth-order valence-corrected chi connectivity index (χ4v) is 4.75. The molecule has 1 amide bonds. The summed E-state index contributed by atoms with van der Waals surface area (Å²) in [7, 11) is 0. The van der Waals surface area contributed by atoms with Crippen LogP contribution in [0.1, 0.15) is 37.1 Å². The molecule has 2 aromatic rings. The Morgan fingerprint density at radius 1 is 1.42 bits per heavy atom. The number of benzene rings is 1. The first-order valence-corrected chi connectivity index (χ1v) is 10.3. The Morgan fingerprint density at radius 2 is 2.23 bits per heavy atom. The molecule has 0 radical (unpaired) electrons. The highest BCUT2D eigenvalue weighted by Crippen LogP contribution is 2.35. The maximum Gasteiger partial charge on any atom is 0.225 e. The molecule has 1 aliphatic heterocycles. The van der Waals surface area contributed by atoms with E-state index in [1.807, 2.05) is 23.1 Å². The van der Waals surface area contributed by atoms with Crippen LogP contribution in [0.4, 0.5) is 5.13 Å². The van der Waals surface area contributed by atoms with Crippen LogP contribution in [0.3, 0.4) is 0 Å². The summed E-state index contributed by atoms with van der Waals surface area (Å²) in [6.45, 7) is 5.18. The molecule has 2 heterocycles. The van der Waals surface area contributed by atoms with Gasteiger partial charge in [0.1, 0.15) is 0 Å². The van der Waals surface area contributed by atoms with Gasteiger partial charge in [-0.25, -0.2) is 4.98 Å². The Bertz CT molecular complexity index is 791. The summed E-state index contributed by atoms with van der Waals surface area (Å²) in [5.41, 5.74) is 2.18. The van der Waals surface area contributed by atoms with Gasteiger partial charge in [-0.15, -0.1) is 11.3 Å². The summed E-state index contributed by atoms with van der Waals surface area (Å²) in [5, 5.41) is 7.19. The average molecular weight is 391 g/mol. The van der Waals surface area contributed by atoms with E-state index in [-0.39, 0.29) is 11.9 Å². The first kappa shape index (κ1) is 17.9. The van der Waals surface area contributed by atoms with Crippen molar-refractivity contribution in [2.75, 3.05) is 24.5 Å². The van der Waals surface area contributed by atoms with Gasteiger partial charge in [0, 0.05) is 55.6 Å². The number of aromatic nitrogens is 1. The lowest BCUT2D eigenvalue weighted by atomic mass is 10.0. The molecule has 0 bridgehead atoms. The smallest absolute Gasteiger partial charge is 0.225 e. The number of nitrogens with zero attached hydrogens (tertiary/aromatic N) is 3. The fourth-order valence-electron chi connectivity index (χ4n) is 3.56. The predicted molar refractivity (Wildman–Crippen MR) is 106 cm³/mol. The molecular formula is C19H23ClN4OS. The van der Waals surface area contributed by atoms with Crippen LogP contribution in [0.2, 0.25) is 5.02 Å². The Labute approximate surface area is 163 Å². The molecule has 1 aromatic carbocycles. The van der Waals surface area contributed by atoms with Gasteiger partial charge in [0.15, 0.2) is 5.13 Å². The maximum atomic E-state index is 12.0. The SMILES string of the molecule is CC(=O)N(c1nc(CN2CCNCC2c2ccccc2Cl)cs1)C1CC1. The van der Waals surface area contributed by atoms with E-state index in [1.165, 1.54) is 0 Å². The Kier molecular flexibility index (Phi) is 5.27. The number of carbonyl (C=O) groups excluding carboxylic acids is 1. The van der Waals surface area contributed by atoms with E-state index in [2.05, 4.69) is 21.7 Å². The third-order valence-corrected chi connectivity index (χ3v) is 6.21. The molecule has 138 valence electrons. The van der Waals surface area contributed by atoms with Crippen LogP contribution >= 0.6 is 22.9 Å².